The van der Waals surface area contributed by atoms with Crippen molar-refractivity contribution >= 4 is 11.6 Å². The van der Waals surface area contributed by atoms with E-state index >= 15 is 0 Å². The van der Waals surface area contributed by atoms with Crippen LogP contribution in [0.1, 0.15) is 29.6 Å². The summed E-state index contributed by atoms with van der Waals surface area (Å²) >= 11 is 0. The molecule has 3 atom stereocenters. The number of ether oxygens (including phenoxy) is 2. The Hall–Kier alpha value is -2.51. The number of hydrogen-bond donors (Lipinski definition) is 2. The molecule has 2 N–H and O–H groups in total. The van der Waals surface area contributed by atoms with Crippen LogP contribution in [0, 0.1) is 0 Å². The Labute approximate surface area is 164 Å². The normalized spacial score (nSPS) is 26.4. The number of carbonyl (C=O) groups excluding carboxylic acids is 1. The van der Waals surface area contributed by atoms with E-state index in [1.54, 1.807) is 30.5 Å². The van der Waals surface area contributed by atoms with Crippen molar-refractivity contribution in [3.8, 4) is 11.7 Å². The summed E-state index contributed by atoms with van der Waals surface area (Å²) in [6, 6.07) is 10.3. The first kappa shape index (κ1) is 17.6. The summed E-state index contributed by atoms with van der Waals surface area (Å²) in [7, 11) is 0. The van der Waals surface area contributed by atoms with Crippen molar-refractivity contribution in [1.82, 2.24) is 10.6 Å². The zero-order chi connectivity index (χ0) is 18.9. The number of morpholine rings is 1. The van der Waals surface area contributed by atoms with Crippen LogP contribution in [0.3, 0.4) is 0 Å². The number of furan rings is 1. The molecule has 0 radical (unpaired) electrons. The summed E-state index contributed by atoms with van der Waals surface area (Å²) in [5.41, 5.74) is 1.64. The molecule has 4 heterocycles. The van der Waals surface area contributed by atoms with Crippen molar-refractivity contribution in [3.05, 3.63) is 42.2 Å². The molecule has 1 aromatic carbocycles. The second-order valence-corrected chi connectivity index (χ2v) is 7.71. The van der Waals surface area contributed by atoms with Crippen LogP contribution >= 0.6 is 0 Å². The van der Waals surface area contributed by atoms with Crippen molar-refractivity contribution in [3.63, 3.8) is 0 Å². The van der Waals surface area contributed by atoms with Crippen molar-refractivity contribution < 1.29 is 18.7 Å². The molecular weight excluding hydrogens is 358 g/mol. The van der Waals surface area contributed by atoms with E-state index in [1.165, 1.54) is 6.42 Å². The van der Waals surface area contributed by atoms with Gasteiger partial charge in [-0.05, 0) is 43.5 Å². The van der Waals surface area contributed by atoms with Gasteiger partial charge in [-0.15, -0.1) is 0 Å². The van der Waals surface area contributed by atoms with Gasteiger partial charge in [0.05, 0.1) is 18.9 Å². The average molecular weight is 383 g/mol. The highest BCUT2D eigenvalue weighted by Gasteiger charge is 2.39. The van der Waals surface area contributed by atoms with Crippen LogP contribution in [-0.4, -0.2) is 50.3 Å². The van der Waals surface area contributed by atoms with Crippen LogP contribution < -0.4 is 20.3 Å². The number of nitrogens with one attached hydrogen (secondary N) is 2. The molecule has 7 nitrogen and oxygen atoms in total. The first-order valence-corrected chi connectivity index (χ1v) is 10.0. The van der Waals surface area contributed by atoms with E-state index in [0.29, 0.717) is 29.3 Å². The predicted molar refractivity (Wildman–Crippen MR) is 104 cm³/mol. The maximum atomic E-state index is 12.5. The molecule has 0 spiro atoms. The van der Waals surface area contributed by atoms with Crippen LogP contribution in [0.4, 0.5) is 5.69 Å². The number of hydrogen-bond acceptors (Lipinski definition) is 6. The lowest BCUT2D eigenvalue weighted by molar-refractivity contribution is 0.0931. The second kappa shape index (κ2) is 7.48. The molecule has 1 aromatic heterocycles. The lowest BCUT2D eigenvalue weighted by atomic mass is 9.95. The molecule has 3 aliphatic rings. The minimum Gasteiger partial charge on any atom is -0.432 e. The number of carbonyl (C=O) groups is 1. The minimum absolute atomic E-state index is 0.0292. The number of rotatable bonds is 5. The zero-order valence-corrected chi connectivity index (χ0v) is 15.7. The molecule has 7 heteroatoms. The largest absolute Gasteiger partial charge is 0.432 e. The average Bonchev–Trinajstić information content (AvgIpc) is 3.46. The fourth-order valence-corrected chi connectivity index (χ4v) is 4.37. The van der Waals surface area contributed by atoms with Gasteiger partial charge in [0, 0.05) is 42.8 Å². The first-order chi connectivity index (χ1) is 13.7. The van der Waals surface area contributed by atoms with E-state index in [9.17, 15) is 4.79 Å². The van der Waals surface area contributed by atoms with Gasteiger partial charge in [-0.1, -0.05) is 0 Å². The fourth-order valence-electron chi connectivity index (χ4n) is 4.37. The van der Waals surface area contributed by atoms with Gasteiger partial charge in [-0.3, -0.25) is 4.79 Å². The van der Waals surface area contributed by atoms with Gasteiger partial charge in [0.1, 0.15) is 12.0 Å². The molecule has 0 saturated carbocycles. The fraction of sp³-hybridized carbons (Fsp3) is 0.476. The molecule has 0 unspecified atom stereocenters. The maximum Gasteiger partial charge on any atom is 0.291 e. The van der Waals surface area contributed by atoms with Gasteiger partial charge in [0.2, 0.25) is 0 Å². The summed E-state index contributed by atoms with van der Waals surface area (Å²) in [5, 5.41) is 6.70. The van der Waals surface area contributed by atoms with Crippen molar-refractivity contribution in [1.29, 1.82) is 0 Å². The Morgan fingerprint density at radius 2 is 2.00 bits per heavy atom. The third-order valence-electron chi connectivity index (χ3n) is 5.89. The van der Waals surface area contributed by atoms with Gasteiger partial charge in [-0.2, -0.15) is 0 Å². The van der Waals surface area contributed by atoms with Gasteiger partial charge >= 0.3 is 0 Å². The molecule has 3 fully saturated rings. The van der Waals surface area contributed by atoms with E-state index in [-0.39, 0.29) is 11.9 Å². The van der Waals surface area contributed by atoms with Gasteiger partial charge < -0.3 is 29.4 Å². The zero-order valence-electron chi connectivity index (χ0n) is 15.7. The van der Waals surface area contributed by atoms with Gasteiger partial charge in [0.25, 0.3) is 11.9 Å². The van der Waals surface area contributed by atoms with E-state index in [0.717, 1.165) is 44.8 Å². The van der Waals surface area contributed by atoms with Crippen LogP contribution in [0.25, 0.3) is 0 Å². The molecule has 148 valence electrons. The van der Waals surface area contributed by atoms with Gasteiger partial charge in [-0.25, -0.2) is 0 Å². The lowest BCUT2D eigenvalue weighted by Crippen LogP contribution is -2.42. The summed E-state index contributed by atoms with van der Waals surface area (Å²) in [5.74, 6) is 1.05. The highest BCUT2D eigenvalue weighted by atomic mass is 16.6. The Bertz CT molecular complexity index is 828. The molecule has 3 aliphatic heterocycles. The Balaban J connectivity index is 1.18. The van der Waals surface area contributed by atoms with Crippen LogP contribution in [-0.2, 0) is 4.74 Å². The second-order valence-electron chi connectivity index (χ2n) is 7.71. The van der Waals surface area contributed by atoms with E-state index < -0.39 is 0 Å². The number of fused-ring (bicyclic) bond motifs is 2. The summed E-state index contributed by atoms with van der Waals surface area (Å²) < 4.78 is 16.7. The molecule has 0 aliphatic carbocycles. The van der Waals surface area contributed by atoms with Crippen molar-refractivity contribution in [2.24, 2.45) is 0 Å². The van der Waals surface area contributed by atoms with Crippen LogP contribution in [0.2, 0.25) is 0 Å². The standard InChI is InChI=1S/C21H25N3O4/c25-21(23-19-11-15-3-6-18(19)22-15)14-1-4-17(5-2-14)28-20-12-16(13-27-20)24-7-9-26-10-8-24/h1-2,4-5,12-13,15,18-19,22H,3,6-11H2,(H,23,25)/t15-,18+,19-/m1/s1. The smallest absolute Gasteiger partial charge is 0.291 e. The highest BCUT2D eigenvalue weighted by molar-refractivity contribution is 5.94. The molecule has 28 heavy (non-hydrogen) atoms. The number of amides is 1. The number of benzene rings is 1. The lowest BCUT2D eigenvalue weighted by Gasteiger charge is -2.26. The third kappa shape index (κ3) is 3.59. The molecule has 1 amide bonds. The van der Waals surface area contributed by atoms with E-state index in [4.69, 9.17) is 13.9 Å². The van der Waals surface area contributed by atoms with E-state index in [1.807, 2.05) is 6.07 Å². The Morgan fingerprint density at radius 3 is 2.71 bits per heavy atom. The summed E-state index contributed by atoms with van der Waals surface area (Å²) in [6.07, 6.45) is 5.11. The maximum absolute atomic E-state index is 12.5. The highest BCUT2D eigenvalue weighted by Crippen LogP contribution is 2.30. The summed E-state index contributed by atoms with van der Waals surface area (Å²) in [4.78, 5) is 14.7. The number of nitrogens with zero attached hydrogens (tertiary/aromatic N) is 1. The van der Waals surface area contributed by atoms with Crippen molar-refractivity contribution in [2.75, 3.05) is 31.2 Å². The molecular formula is C21H25N3O4. The SMILES string of the molecule is O=C(N[C@@H]1C[C@H]2CC[C@@H]1N2)c1ccc(Oc2cc(N3CCOCC3)co2)cc1. The predicted octanol–water partition coefficient (Wildman–Crippen LogP) is 2.53. The third-order valence-corrected chi connectivity index (χ3v) is 5.89. The molecule has 2 bridgehead atoms. The monoisotopic (exact) mass is 383 g/mol. The Morgan fingerprint density at radius 1 is 1.18 bits per heavy atom. The minimum atomic E-state index is -0.0292. The molecule has 2 aromatic rings. The number of anilines is 1. The molecule has 3 saturated heterocycles. The van der Waals surface area contributed by atoms with Gasteiger partial charge in [0.15, 0.2) is 0 Å². The topological polar surface area (TPSA) is 76.0 Å². The quantitative estimate of drug-likeness (QED) is 0.826. The van der Waals surface area contributed by atoms with Crippen LogP contribution in [0.5, 0.6) is 11.7 Å². The van der Waals surface area contributed by atoms with Crippen molar-refractivity contribution in [2.45, 2.75) is 37.4 Å². The van der Waals surface area contributed by atoms with E-state index in [2.05, 4.69) is 15.5 Å². The summed E-state index contributed by atoms with van der Waals surface area (Å²) in [6.45, 7) is 3.15. The Kier molecular flexibility index (Phi) is 4.70. The first-order valence-electron chi connectivity index (χ1n) is 10.0. The van der Waals surface area contributed by atoms with Crippen LogP contribution in [0.15, 0.2) is 41.0 Å². The molecule has 5 rings (SSSR count).